The molecule has 1 N–H and O–H groups in total. The third-order valence-electron chi connectivity index (χ3n) is 6.63. The molecule has 5 nitrogen and oxygen atoms in total. The molecule has 1 amide bonds. The van der Waals surface area contributed by atoms with Gasteiger partial charge in [-0.15, -0.1) is 11.3 Å². The highest BCUT2D eigenvalue weighted by molar-refractivity contribution is 7.10. The monoisotopic (exact) mass is 405 g/mol. The minimum Gasteiger partial charge on any atom is -0.370 e. The molecule has 1 aromatic rings. The molecule has 4 rings (SSSR count). The van der Waals surface area contributed by atoms with Crippen LogP contribution in [-0.2, 0) is 22.6 Å². The van der Waals surface area contributed by atoms with E-state index < -0.39 is 0 Å². The second kappa shape index (κ2) is 9.24. The SMILES string of the molecule is CC(=O)NC[C@H]1CCC2(CCN(Cc3cc(CN4CCCCC4)cs3)CC2)O1. The Bertz CT molecular complexity index is 648. The van der Waals surface area contributed by atoms with Gasteiger partial charge in [-0.05, 0) is 68.6 Å². The third kappa shape index (κ3) is 5.35. The molecule has 4 heterocycles. The Labute approximate surface area is 173 Å². The number of ether oxygens (including phenoxy) is 1. The van der Waals surface area contributed by atoms with Crippen molar-refractivity contribution in [1.82, 2.24) is 15.1 Å². The van der Waals surface area contributed by atoms with Gasteiger partial charge >= 0.3 is 0 Å². The summed E-state index contributed by atoms with van der Waals surface area (Å²) >= 11 is 1.93. The summed E-state index contributed by atoms with van der Waals surface area (Å²) in [6.07, 6.45) is 8.78. The Morgan fingerprint density at radius 2 is 1.89 bits per heavy atom. The van der Waals surface area contributed by atoms with Crippen LogP contribution in [0.2, 0.25) is 0 Å². The molecule has 3 aliphatic rings. The van der Waals surface area contributed by atoms with E-state index in [-0.39, 0.29) is 17.6 Å². The second-order valence-corrected chi connectivity index (χ2v) is 9.93. The normalized spacial score (nSPS) is 26.0. The molecule has 1 atom stereocenters. The Kier molecular flexibility index (Phi) is 6.71. The zero-order chi connectivity index (χ0) is 19.4. The Morgan fingerprint density at radius 3 is 2.64 bits per heavy atom. The minimum absolute atomic E-state index is 0.0370. The van der Waals surface area contributed by atoms with Crippen LogP contribution in [0.5, 0.6) is 0 Å². The van der Waals surface area contributed by atoms with Gasteiger partial charge in [0, 0.05) is 44.5 Å². The van der Waals surface area contributed by atoms with Crippen LogP contribution in [-0.4, -0.2) is 60.1 Å². The summed E-state index contributed by atoms with van der Waals surface area (Å²) in [7, 11) is 0. The average Bonchev–Trinajstić information content (AvgIpc) is 3.30. The van der Waals surface area contributed by atoms with Gasteiger partial charge in [-0.1, -0.05) is 6.42 Å². The molecule has 6 heteroatoms. The van der Waals surface area contributed by atoms with Crippen molar-refractivity contribution in [3.8, 4) is 0 Å². The van der Waals surface area contributed by atoms with E-state index in [9.17, 15) is 4.79 Å². The van der Waals surface area contributed by atoms with Gasteiger partial charge in [-0.2, -0.15) is 0 Å². The first kappa shape index (κ1) is 20.3. The van der Waals surface area contributed by atoms with Crippen molar-refractivity contribution in [2.75, 3.05) is 32.7 Å². The summed E-state index contributed by atoms with van der Waals surface area (Å²) in [6, 6.07) is 2.43. The van der Waals surface area contributed by atoms with Crippen molar-refractivity contribution < 1.29 is 9.53 Å². The highest BCUT2D eigenvalue weighted by Crippen LogP contribution is 2.39. The minimum atomic E-state index is 0.0370. The van der Waals surface area contributed by atoms with Gasteiger partial charge in [0.1, 0.15) is 0 Å². The van der Waals surface area contributed by atoms with Gasteiger partial charge in [-0.3, -0.25) is 14.6 Å². The highest BCUT2D eigenvalue weighted by atomic mass is 32.1. The fourth-order valence-electron chi connectivity index (χ4n) is 4.97. The average molecular weight is 406 g/mol. The van der Waals surface area contributed by atoms with E-state index in [4.69, 9.17) is 4.74 Å². The molecule has 1 aromatic heterocycles. The van der Waals surface area contributed by atoms with Crippen LogP contribution in [0.15, 0.2) is 11.4 Å². The fraction of sp³-hybridized carbons (Fsp3) is 0.773. The number of hydrogen-bond donors (Lipinski definition) is 1. The van der Waals surface area contributed by atoms with Crippen LogP contribution < -0.4 is 5.32 Å². The lowest BCUT2D eigenvalue weighted by Gasteiger charge is -2.39. The number of carbonyl (C=O) groups is 1. The van der Waals surface area contributed by atoms with Crippen LogP contribution in [0.4, 0.5) is 0 Å². The van der Waals surface area contributed by atoms with Crippen LogP contribution in [0.3, 0.4) is 0 Å². The van der Waals surface area contributed by atoms with Crippen molar-refractivity contribution in [2.24, 2.45) is 0 Å². The number of rotatable bonds is 6. The second-order valence-electron chi connectivity index (χ2n) is 8.93. The van der Waals surface area contributed by atoms with Gasteiger partial charge in [0.25, 0.3) is 0 Å². The van der Waals surface area contributed by atoms with Gasteiger partial charge < -0.3 is 10.1 Å². The number of likely N-dealkylation sites (tertiary alicyclic amines) is 2. The number of amides is 1. The summed E-state index contributed by atoms with van der Waals surface area (Å²) in [5.41, 5.74) is 1.56. The van der Waals surface area contributed by atoms with Crippen molar-refractivity contribution >= 4 is 17.2 Å². The number of piperidine rings is 2. The van der Waals surface area contributed by atoms with Crippen LogP contribution in [0, 0.1) is 0 Å². The molecule has 28 heavy (non-hydrogen) atoms. The number of hydrogen-bond acceptors (Lipinski definition) is 5. The highest BCUT2D eigenvalue weighted by Gasteiger charge is 2.42. The first-order valence-electron chi connectivity index (χ1n) is 11.0. The van der Waals surface area contributed by atoms with E-state index in [0.717, 1.165) is 51.9 Å². The predicted molar refractivity (Wildman–Crippen MR) is 113 cm³/mol. The summed E-state index contributed by atoms with van der Waals surface area (Å²) in [6.45, 7) is 9.21. The molecular weight excluding hydrogens is 370 g/mol. The summed E-state index contributed by atoms with van der Waals surface area (Å²) < 4.78 is 6.38. The van der Waals surface area contributed by atoms with Crippen LogP contribution >= 0.6 is 11.3 Å². The van der Waals surface area contributed by atoms with Gasteiger partial charge in [0.15, 0.2) is 0 Å². The molecule has 1 spiro atoms. The number of thiophene rings is 1. The van der Waals surface area contributed by atoms with Gasteiger partial charge in [0.2, 0.25) is 5.91 Å². The predicted octanol–water partition coefficient (Wildman–Crippen LogP) is 3.38. The first-order valence-corrected chi connectivity index (χ1v) is 11.9. The molecule has 3 saturated heterocycles. The molecule has 0 unspecified atom stereocenters. The summed E-state index contributed by atoms with van der Waals surface area (Å²) in [5, 5.41) is 5.27. The molecule has 0 saturated carbocycles. The molecule has 0 aromatic carbocycles. The number of carbonyl (C=O) groups excluding carboxylic acids is 1. The third-order valence-corrected chi connectivity index (χ3v) is 7.60. The Hall–Kier alpha value is -0.950. The number of nitrogens with zero attached hydrogens (tertiary/aromatic N) is 2. The smallest absolute Gasteiger partial charge is 0.216 e. The zero-order valence-corrected chi connectivity index (χ0v) is 18.1. The van der Waals surface area contributed by atoms with Crippen molar-refractivity contribution in [1.29, 1.82) is 0 Å². The van der Waals surface area contributed by atoms with Gasteiger partial charge in [0.05, 0.1) is 11.7 Å². The zero-order valence-electron chi connectivity index (χ0n) is 17.3. The molecule has 3 aliphatic heterocycles. The van der Waals surface area contributed by atoms with Crippen molar-refractivity contribution in [3.63, 3.8) is 0 Å². The maximum Gasteiger partial charge on any atom is 0.216 e. The molecule has 0 radical (unpaired) electrons. The van der Waals surface area contributed by atoms with Crippen LogP contribution in [0.1, 0.15) is 62.3 Å². The molecule has 3 fully saturated rings. The van der Waals surface area contributed by atoms with E-state index in [2.05, 4.69) is 26.6 Å². The van der Waals surface area contributed by atoms with Crippen LogP contribution in [0.25, 0.3) is 0 Å². The lowest BCUT2D eigenvalue weighted by atomic mass is 9.88. The largest absolute Gasteiger partial charge is 0.370 e. The lowest BCUT2D eigenvalue weighted by Crippen LogP contribution is -2.44. The Balaban J connectivity index is 1.21. The lowest BCUT2D eigenvalue weighted by molar-refractivity contribution is -0.120. The van der Waals surface area contributed by atoms with E-state index >= 15 is 0 Å². The molecular formula is C22H35N3O2S. The van der Waals surface area contributed by atoms with Gasteiger partial charge in [-0.25, -0.2) is 0 Å². The topological polar surface area (TPSA) is 44.8 Å². The summed E-state index contributed by atoms with van der Waals surface area (Å²) in [4.78, 5) is 17.8. The maximum absolute atomic E-state index is 11.1. The molecule has 0 bridgehead atoms. The Morgan fingerprint density at radius 1 is 1.14 bits per heavy atom. The molecule has 156 valence electrons. The van der Waals surface area contributed by atoms with E-state index in [1.807, 2.05) is 11.3 Å². The van der Waals surface area contributed by atoms with E-state index in [0.29, 0.717) is 6.54 Å². The number of nitrogens with one attached hydrogen (secondary N) is 1. The fourth-order valence-corrected chi connectivity index (χ4v) is 5.89. The van der Waals surface area contributed by atoms with E-state index in [1.54, 1.807) is 6.92 Å². The standard InChI is InChI=1S/C22H35N3O2S/c1-18(26)23-14-20-5-6-22(27-20)7-11-25(12-8-22)16-21-13-19(17-28-21)15-24-9-3-2-4-10-24/h13,17,20H,2-12,14-16H2,1H3,(H,23,26)/t20-/m1/s1. The maximum atomic E-state index is 11.1. The first-order chi connectivity index (χ1) is 13.6. The molecule has 0 aliphatic carbocycles. The van der Waals surface area contributed by atoms with Crippen molar-refractivity contribution in [2.45, 2.75) is 76.7 Å². The van der Waals surface area contributed by atoms with E-state index in [1.165, 1.54) is 42.8 Å². The quantitative estimate of drug-likeness (QED) is 0.788. The summed E-state index contributed by atoms with van der Waals surface area (Å²) in [5.74, 6) is 0.0370. The van der Waals surface area contributed by atoms with Crippen molar-refractivity contribution in [3.05, 3.63) is 21.9 Å².